The monoisotopic (exact) mass is 929 g/mol. The van der Waals surface area contributed by atoms with Crippen LogP contribution in [0.5, 0.6) is 34.5 Å². The first-order valence-electron chi connectivity index (χ1n) is 19.4. The molecule has 352 valence electrons. The number of fused-ring (bicyclic) bond motifs is 1. The zero-order valence-electron chi connectivity index (χ0n) is 33.8. The fourth-order valence-corrected chi connectivity index (χ4v) is 6.53. The SMILES string of the molecule is O=C(O)CC(=O)OCC1O[C@@H](Oc2cc(O)cc3[o+]c(-c4ccc(O)c(O)c4)c(O[C@@H]4OC(COC(=O)/C=C/c5ccc(O)cc5)[C@@H](O)C(O)C4O)cc23)C(O)[C@@H](O)[C@@H]1OC(=O)CC(=O)O. The number of aromatic hydroxyl groups is 4. The minimum atomic E-state index is -2.16. The molecule has 0 spiro atoms. The summed E-state index contributed by atoms with van der Waals surface area (Å²) in [6.45, 7) is -1.62. The van der Waals surface area contributed by atoms with Crippen molar-refractivity contribution in [2.24, 2.45) is 0 Å². The molecule has 3 aromatic carbocycles. The van der Waals surface area contributed by atoms with Gasteiger partial charge in [0.25, 0.3) is 0 Å². The second-order valence-electron chi connectivity index (χ2n) is 14.6. The zero-order valence-corrected chi connectivity index (χ0v) is 33.8. The van der Waals surface area contributed by atoms with Crippen molar-refractivity contribution in [1.82, 2.24) is 0 Å². The maximum atomic E-state index is 12.5. The molecule has 11 N–H and O–H groups in total. The Morgan fingerprint density at radius 2 is 1.24 bits per heavy atom. The van der Waals surface area contributed by atoms with Crippen LogP contribution in [0.1, 0.15) is 18.4 Å². The van der Waals surface area contributed by atoms with Crippen molar-refractivity contribution in [3.8, 4) is 45.8 Å². The van der Waals surface area contributed by atoms with Gasteiger partial charge in [-0.3, -0.25) is 19.2 Å². The van der Waals surface area contributed by atoms with E-state index in [9.17, 15) is 69.9 Å². The third-order valence-electron chi connectivity index (χ3n) is 9.80. The second kappa shape index (κ2) is 20.7. The molecule has 0 bridgehead atoms. The molecule has 2 fully saturated rings. The van der Waals surface area contributed by atoms with E-state index in [1.807, 2.05) is 0 Å². The smallest absolute Gasteiger partial charge is 0.402 e. The van der Waals surface area contributed by atoms with E-state index in [-0.39, 0.29) is 28.0 Å². The lowest BCUT2D eigenvalue weighted by Gasteiger charge is -2.41. The van der Waals surface area contributed by atoms with Crippen molar-refractivity contribution in [3.05, 3.63) is 72.3 Å². The lowest BCUT2D eigenvalue weighted by atomic mass is 9.98. The summed E-state index contributed by atoms with van der Waals surface area (Å²) in [6, 6.07) is 12.4. The summed E-state index contributed by atoms with van der Waals surface area (Å²) in [5.74, 6) is -9.68. The average Bonchev–Trinajstić information content (AvgIpc) is 3.25. The highest BCUT2D eigenvalue weighted by atomic mass is 16.7. The van der Waals surface area contributed by atoms with E-state index in [0.717, 1.165) is 36.4 Å². The number of ether oxygens (including phenoxy) is 7. The number of carboxylic acid groups (broad SMARTS) is 2. The van der Waals surface area contributed by atoms with Gasteiger partial charge in [0.05, 0.1) is 11.6 Å². The number of aliphatic hydroxyl groups excluding tert-OH is 5. The topological polar surface area (TPSA) is 384 Å². The van der Waals surface area contributed by atoms with Gasteiger partial charge in [0, 0.05) is 24.3 Å². The quantitative estimate of drug-likeness (QED) is 0.0174. The van der Waals surface area contributed by atoms with Crippen LogP contribution in [0, 0.1) is 0 Å². The van der Waals surface area contributed by atoms with Crippen molar-refractivity contribution < 1.29 is 118 Å². The van der Waals surface area contributed by atoms with Gasteiger partial charge < -0.3 is 89.3 Å². The maximum Gasteiger partial charge on any atom is 0.402 e. The van der Waals surface area contributed by atoms with Crippen LogP contribution < -0.4 is 9.47 Å². The van der Waals surface area contributed by atoms with E-state index in [0.29, 0.717) is 5.56 Å². The van der Waals surface area contributed by atoms with E-state index in [4.69, 9.17) is 47.8 Å². The van der Waals surface area contributed by atoms with Crippen molar-refractivity contribution in [2.45, 2.75) is 74.3 Å². The van der Waals surface area contributed by atoms with Crippen molar-refractivity contribution >= 4 is 46.9 Å². The van der Waals surface area contributed by atoms with Gasteiger partial charge in [0.15, 0.2) is 17.6 Å². The third-order valence-corrected chi connectivity index (χ3v) is 9.80. The molecule has 5 unspecified atom stereocenters. The molecule has 0 radical (unpaired) electrons. The predicted molar refractivity (Wildman–Crippen MR) is 213 cm³/mol. The Morgan fingerprint density at radius 1 is 0.621 bits per heavy atom. The number of aliphatic carboxylic acids is 2. The molecular weight excluding hydrogens is 888 g/mol. The van der Waals surface area contributed by atoms with Gasteiger partial charge in [0.2, 0.25) is 18.3 Å². The normalized spacial score (nSPS) is 25.2. The molecule has 6 rings (SSSR count). The Balaban J connectivity index is 1.32. The number of esters is 3. The van der Waals surface area contributed by atoms with Gasteiger partial charge in [0.1, 0.15) is 91.4 Å². The minimum Gasteiger partial charge on any atom is -0.508 e. The number of aliphatic hydroxyl groups is 5. The molecule has 1 aromatic heterocycles. The van der Waals surface area contributed by atoms with Crippen LogP contribution in [0.4, 0.5) is 0 Å². The largest absolute Gasteiger partial charge is 0.508 e. The Kier molecular flexibility index (Phi) is 15.1. The van der Waals surface area contributed by atoms with Crippen LogP contribution in [-0.2, 0) is 47.7 Å². The summed E-state index contributed by atoms with van der Waals surface area (Å²) in [4.78, 5) is 59.0. The summed E-state index contributed by atoms with van der Waals surface area (Å²) in [7, 11) is 0. The van der Waals surface area contributed by atoms with Gasteiger partial charge in [-0.25, -0.2) is 9.21 Å². The number of phenols is 4. The zero-order chi connectivity index (χ0) is 48.0. The molecule has 0 saturated carbocycles. The highest BCUT2D eigenvalue weighted by Crippen LogP contribution is 2.43. The first kappa shape index (κ1) is 48.1. The molecule has 2 saturated heterocycles. The van der Waals surface area contributed by atoms with Crippen LogP contribution in [0.25, 0.3) is 28.4 Å². The fourth-order valence-electron chi connectivity index (χ4n) is 6.53. The van der Waals surface area contributed by atoms with Crippen LogP contribution in [-0.4, -0.2) is 161 Å². The van der Waals surface area contributed by atoms with Crippen molar-refractivity contribution in [1.29, 1.82) is 0 Å². The van der Waals surface area contributed by atoms with Gasteiger partial charge in [-0.15, -0.1) is 0 Å². The fraction of sp³-hybridized carbons (Fsp3) is 0.333. The lowest BCUT2D eigenvalue weighted by Crippen LogP contribution is -2.61. The molecule has 66 heavy (non-hydrogen) atoms. The molecule has 2 aliphatic rings. The van der Waals surface area contributed by atoms with Crippen molar-refractivity contribution in [2.75, 3.05) is 13.2 Å². The van der Waals surface area contributed by atoms with Gasteiger partial charge in [-0.1, -0.05) is 12.1 Å². The van der Waals surface area contributed by atoms with Crippen LogP contribution in [0.3, 0.4) is 0 Å². The van der Waals surface area contributed by atoms with Crippen LogP contribution in [0.15, 0.2) is 71.2 Å². The maximum absolute atomic E-state index is 12.5. The number of rotatable bonds is 16. The van der Waals surface area contributed by atoms with Crippen molar-refractivity contribution in [3.63, 3.8) is 0 Å². The molecule has 10 atom stereocenters. The Morgan fingerprint density at radius 3 is 1.91 bits per heavy atom. The number of phenolic OH excluding ortho intramolecular Hbond substituents is 4. The molecule has 0 aliphatic carbocycles. The number of hydrogen-bond acceptors (Lipinski definition) is 21. The summed E-state index contributed by atoms with van der Waals surface area (Å²) in [6.07, 6.45) is -19.2. The summed E-state index contributed by atoms with van der Waals surface area (Å²) in [5.41, 5.74) is 0.277. The summed E-state index contributed by atoms with van der Waals surface area (Å²) in [5, 5.41) is 113. The number of carbonyl (C=O) groups is 5. The second-order valence-corrected chi connectivity index (χ2v) is 14.6. The first-order chi connectivity index (χ1) is 31.3. The molecule has 3 heterocycles. The molecule has 4 aromatic rings. The van der Waals surface area contributed by atoms with Gasteiger partial charge >= 0.3 is 41.2 Å². The van der Waals surface area contributed by atoms with E-state index in [1.54, 1.807) is 0 Å². The summed E-state index contributed by atoms with van der Waals surface area (Å²) < 4.78 is 44.6. The standard InChI is InChI=1S/C42H40O24/c43-19-5-1-17(2-6-19)3-8-31(51)59-15-27-34(54)35(55)37(57)41(64-27)63-26-12-21-24(61-39(26)18-4-7-22(45)23(46)9-18)10-20(44)11-25(21)62-42-38(58)36(56)40(66-33(53)14-30(49)50)28(65-42)16-60-32(52)13-29(47)48/h1-12,27-28,34-38,40-42,54-58H,13-16H2,(H5-,43,44,45,46,47,48,49,50,51)/p+1/t27?,28?,34-,35?,36-,37?,38?,40-,41-,42-/m1/s1. The number of benzene rings is 3. The number of carboxylic acids is 2. The number of hydrogen-bond donors (Lipinski definition) is 11. The van der Waals surface area contributed by atoms with E-state index < -0.39 is 146 Å². The van der Waals surface area contributed by atoms with E-state index >= 15 is 0 Å². The van der Waals surface area contributed by atoms with E-state index in [2.05, 4.69) is 0 Å². The van der Waals surface area contributed by atoms with Crippen LogP contribution >= 0.6 is 0 Å². The lowest BCUT2D eigenvalue weighted by molar-refractivity contribution is -0.282. The van der Waals surface area contributed by atoms with Crippen LogP contribution in [0.2, 0.25) is 0 Å². The van der Waals surface area contributed by atoms with Gasteiger partial charge in [-0.2, -0.15) is 0 Å². The molecular formula is C42H41O24+. The highest BCUT2D eigenvalue weighted by Gasteiger charge is 2.50. The predicted octanol–water partition coefficient (Wildman–Crippen LogP) is -0.124. The Bertz CT molecular complexity index is 2470. The summed E-state index contributed by atoms with van der Waals surface area (Å²) >= 11 is 0. The Hall–Kier alpha value is -7.32. The van der Waals surface area contributed by atoms with Gasteiger partial charge in [-0.05, 0) is 35.9 Å². The third kappa shape index (κ3) is 11.7. The molecule has 24 heteroatoms. The van der Waals surface area contributed by atoms with E-state index in [1.165, 1.54) is 36.4 Å². The average molecular weight is 930 g/mol. The molecule has 2 aliphatic heterocycles. The Labute approximate surface area is 369 Å². The first-order valence-corrected chi connectivity index (χ1v) is 19.4. The highest BCUT2D eigenvalue weighted by molar-refractivity contribution is 5.91. The molecule has 0 amide bonds. The molecule has 24 nitrogen and oxygen atoms in total. The minimum absolute atomic E-state index is 0.00348. The number of carbonyl (C=O) groups excluding carboxylic acids is 3.